The van der Waals surface area contributed by atoms with Crippen LogP contribution in [-0.4, -0.2) is 12.3 Å². The van der Waals surface area contributed by atoms with Gasteiger partial charge in [0.05, 0.1) is 12.1 Å². The smallest absolute Gasteiger partial charge is 0.222 e. The first-order valence-electron chi connectivity index (χ1n) is 5.11. The Morgan fingerprint density at radius 3 is 2.59 bits per heavy atom. The molecule has 4 nitrogen and oxygen atoms in total. The van der Waals surface area contributed by atoms with Crippen molar-refractivity contribution < 1.29 is 9.26 Å². The summed E-state index contributed by atoms with van der Waals surface area (Å²) in [6.45, 7) is 3.93. The molecule has 0 atom stereocenters. The largest absolute Gasteiger partial charge is 0.494 e. The zero-order valence-corrected chi connectivity index (χ0v) is 10.6. The van der Waals surface area contributed by atoms with Crippen LogP contribution in [0.1, 0.15) is 11.1 Å². The third-order valence-corrected chi connectivity index (χ3v) is 3.19. The van der Waals surface area contributed by atoms with E-state index in [1.807, 2.05) is 19.9 Å². The molecule has 0 saturated carbocycles. The Kier molecular flexibility index (Phi) is 2.98. The van der Waals surface area contributed by atoms with Crippen molar-refractivity contribution in [3.05, 3.63) is 28.3 Å². The van der Waals surface area contributed by atoms with Crippen LogP contribution < -0.4 is 10.5 Å². The van der Waals surface area contributed by atoms with Crippen LogP contribution >= 0.6 is 11.6 Å². The fourth-order valence-corrected chi connectivity index (χ4v) is 1.99. The van der Waals surface area contributed by atoms with E-state index in [-0.39, 0.29) is 5.88 Å². The number of rotatable bonds is 2. The lowest BCUT2D eigenvalue weighted by atomic mass is 10.0. The molecule has 17 heavy (non-hydrogen) atoms. The van der Waals surface area contributed by atoms with Gasteiger partial charge in [0.15, 0.2) is 0 Å². The molecule has 5 heteroatoms. The van der Waals surface area contributed by atoms with E-state index in [9.17, 15) is 0 Å². The second-order valence-electron chi connectivity index (χ2n) is 3.83. The molecule has 2 rings (SSSR count). The number of ether oxygens (including phenoxy) is 1. The lowest BCUT2D eigenvalue weighted by molar-refractivity contribution is 0.414. The Hall–Kier alpha value is -1.68. The summed E-state index contributed by atoms with van der Waals surface area (Å²) in [5.41, 5.74) is 8.96. The Balaban J connectivity index is 2.69. The SMILES string of the molecule is COc1c(-c2cc(N)on2)cc(C)c(C)c1Cl. The topological polar surface area (TPSA) is 61.3 Å². The minimum atomic E-state index is 0.261. The highest BCUT2D eigenvalue weighted by Crippen LogP contribution is 2.39. The van der Waals surface area contributed by atoms with Gasteiger partial charge in [-0.15, -0.1) is 0 Å². The van der Waals surface area contributed by atoms with Gasteiger partial charge >= 0.3 is 0 Å². The number of halogens is 1. The maximum atomic E-state index is 6.25. The minimum Gasteiger partial charge on any atom is -0.494 e. The maximum absolute atomic E-state index is 6.25. The molecule has 0 aliphatic rings. The summed E-state index contributed by atoms with van der Waals surface area (Å²) in [7, 11) is 1.57. The lowest BCUT2D eigenvalue weighted by Crippen LogP contribution is -1.94. The molecular formula is C12H13ClN2O2. The third kappa shape index (κ3) is 1.96. The Bertz CT molecular complexity index is 564. The highest BCUT2D eigenvalue weighted by atomic mass is 35.5. The molecule has 0 bridgehead atoms. The van der Waals surface area contributed by atoms with Gasteiger partial charge in [-0.2, -0.15) is 0 Å². The van der Waals surface area contributed by atoms with Gasteiger partial charge in [-0.05, 0) is 31.0 Å². The summed E-state index contributed by atoms with van der Waals surface area (Å²) < 4.78 is 10.2. The second kappa shape index (κ2) is 4.30. The maximum Gasteiger partial charge on any atom is 0.222 e. The summed E-state index contributed by atoms with van der Waals surface area (Å²) in [5.74, 6) is 0.847. The second-order valence-corrected chi connectivity index (χ2v) is 4.21. The Labute approximate surface area is 104 Å². The number of nitrogens with two attached hydrogens (primary N) is 1. The fourth-order valence-electron chi connectivity index (χ4n) is 1.66. The van der Waals surface area contributed by atoms with E-state index in [0.717, 1.165) is 16.7 Å². The van der Waals surface area contributed by atoms with Crippen LogP contribution in [0.2, 0.25) is 5.02 Å². The van der Waals surface area contributed by atoms with Gasteiger partial charge in [0.2, 0.25) is 5.88 Å². The van der Waals surface area contributed by atoms with Crippen molar-refractivity contribution in [2.24, 2.45) is 0 Å². The summed E-state index contributed by atoms with van der Waals surface area (Å²) in [4.78, 5) is 0. The number of nitrogen functional groups attached to an aromatic ring is 1. The van der Waals surface area contributed by atoms with Crippen LogP contribution in [0.5, 0.6) is 5.75 Å². The Morgan fingerprint density at radius 2 is 2.06 bits per heavy atom. The lowest BCUT2D eigenvalue weighted by Gasteiger charge is -2.12. The van der Waals surface area contributed by atoms with E-state index in [1.54, 1.807) is 13.2 Å². The molecule has 0 aliphatic carbocycles. The minimum absolute atomic E-state index is 0.261. The van der Waals surface area contributed by atoms with Crippen molar-refractivity contribution in [2.45, 2.75) is 13.8 Å². The fraction of sp³-hybridized carbons (Fsp3) is 0.250. The molecule has 1 aromatic heterocycles. The molecule has 1 heterocycles. The van der Waals surface area contributed by atoms with Crippen molar-refractivity contribution in [1.82, 2.24) is 5.16 Å². The van der Waals surface area contributed by atoms with E-state index in [4.69, 9.17) is 26.6 Å². The molecule has 90 valence electrons. The zero-order chi connectivity index (χ0) is 12.6. The van der Waals surface area contributed by atoms with Gasteiger partial charge in [0, 0.05) is 11.6 Å². The average Bonchev–Trinajstić information content (AvgIpc) is 2.72. The summed E-state index contributed by atoms with van der Waals surface area (Å²) >= 11 is 6.25. The molecule has 0 saturated heterocycles. The van der Waals surface area contributed by atoms with Crippen molar-refractivity contribution in [3.63, 3.8) is 0 Å². The molecule has 0 aliphatic heterocycles. The van der Waals surface area contributed by atoms with Gasteiger partial charge in [-0.25, -0.2) is 0 Å². The average molecular weight is 253 g/mol. The monoisotopic (exact) mass is 252 g/mol. The van der Waals surface area contributed by atoms with E-state index < -0.39 is 0 Å². The molecule has 2 aromatic rings. The summed E-state index contributed by atoms with van der Waals surface area (Å²) in [6.07, 6.45) is 0. The molecule has 0 spiro atoms. The first-order chi connectivity index (χ1) is 8.04. The van der Waals surface area contributed by atoms with Gasteiger partial charge < -0.3 is 15.0 Å². The number of aryl methyl sites for hydroxylation is 1. The number of nitrogens with zero attached hydrogens (tertiary/aromatic N) is 1. The number of methoxy groups -OCH3 is 1. The molecule has 1 aromatic carbocycles. The molecule has 0 amide bonds. The van der Waals surface area contributed by atoms with Crippen LogP contribution in [0.15, 0.2) is 16.7 Å². The van der Waals surface area contributed by atoms with Gasteiger partial charge in [0.1, 0.15) is 11.4 Å². The van der Waals surface area contributed by atoms with Crippen molar-refractivity contribution >= 4 is 17.5 Å². The number of hydrogen-bond acceptors (Lipinski definition) is 4. The highest BCUT2D eigenvalue weighted by molar-refractivity contribution is 6.33. The molecular weight excluding hydrogens is 240 g/mol. The predicted octanol–water partition coefficient (Wildman–Crippen LogP) is 3.20. The van der Waals surface area contributed by atoms with E-state index in [0.29, 0.717) is 16.5 Å². The van der Waals surface area contributed by atoms with Gasteiger partial charge in [-0.3, -0.25) is 0 Å². The molecule has 2 N–H and O–H groups in total. The van der Waals surface area contributed by atoms with Gasteiger partial charge in [-0.1, -0.05) is 16.8 Å². The van der Waals surface area contributed by atoms with Crippen LogP contribution in [0.4, 0.5) is 5.88 Å². The zero-order valence-electron chi connectivity index (χ0n) is 9.87. The number of aromatic nitrogens is 1. The first-order valence-corrected chi connectivity index (χ1v) is 5.48. The quantitative estimate of drug-likeness (QED) is 0.892. The Morgan fingerprint density at radius 1 is 1.35 bits per heavy atom. The van der Waals surface area contributed by atoms with Crippen LogP contribution in [0, 0.1) is 13.8 Å². The van der Waals surface area contributed by atoms with E-state index >= 15 is 0 Å². The summed E-state index contributed by atoms with van der Waals surface area (Å²) in [6, 6.07) is 3.60. The van der Waals surface area contributed by atoms with E-state index in [1.165, 1.54) is 0 Å². The van der Waals surface area contributed by atoms with Crippen molar-refractivity contribution in [3.8, 4) is 17.0 Å². The number of hydrogen-bond donors (Lipinski definition) is 1. The molecule has 0 unspecified atom stereocenters. The van der Waals surface area contributed by atoms with Crippen LogP contribution in [-0.2, 0) is 0 Å². The predicted molar refractivity (Wildman–Crippen MR) is 67.4 cm³/mol. The summed E-state index contributed by atoms with van der Waals surface area (Å²) in [5, 5.41) is 4.45. The number of benzene rings is 1. The molecule has 0 fully saturated rings. The van der Waals surface area contributed by atoms with E-state index in [2.05, 4.69) is 5.16 Å². The standard InChI is InChI=1S/C12H13ClN2O2/c1-6-4-8(9-5-10(14)17-15-9)12(16-3)11(13)7(6)2/h4-5H,14H2,1-3H3. The highest BCUT2D eigenvalue weighted by Gasteiger charge is 2.17. The third-order valence-electron chi connectivity index (χ3n) is 2.73. The first kappa shape index (κ1) is 11.8. The number of anilines is 1. The van der Waals surface area contributed by atoms with Crippen molar-refractivity contribution in [1.29, 1.82) is 0 Å². The molecule has 0 radical (unpaired) electrons. The van der Waals surface area contributed by atoms with Crippen LogP contribution in [0.25, 0.3) is 11.3 Å². The van der Waals surface area contributed by atoms with Crippen LogP contribution in [0.3, 0.4) is 0 Å². The normalized spacial score (nSPS) is 10.6. The van der Waals surface area contributed by atoms with Crippen molar-refractivity contribution in [2.75, 3.05) is 12.8 Å². The van der Waals surface area contributed by atoms with Gasteiger partial charge in [0.25, 0.3) is 0 Å².